The summed E-state index contributed by atoms with van der Waals surface area (Å²) in [5.41, 5.74) is 3.05. The highest BCUT2D eigenvalue weighted by molar-refractivity contribution is 5.94. The zero-order chi connectivity index (χ0) is 21.8. The number of carbonyl (C=O) groups excluding carboxylic acids is 1. The third kappa shape index (κ3) is 3.20. The van der Waals surface area contributed by atoms with Crippen molar-refractivity contribution in [3.8, 4) is 17.6 Å². The number of hydrogen-bond acceptors (Lipinski definition) is 3. The van der Waals surface area contributed by atoms with Crippen LogP contribution in [-0.4, -0.2) is 21.6 Å². The maximum Gasteiger partial charge on any atom is 0.159 e. The number of rotatable bonds is 1. The minimum absolute atomic E-state index is 0.0466. The van der Waals surface area contributed by atoms with Crippen LogP contribution >= 0.6 is 0 Å². The van der Waals surface area contributed by atoms with Crippen LogP contribution in [0.2, 0.25) is 0 Å². The molecule has 2 aromatic carbocycles. The lowest BCUT2D eigenvalue weighted by molar-refractivity contribution is -0.0647. The third-order valence-electron chi connectivity index (χ3n) is 8.57. The van der Waals surface area contributed by atoms with Crippen LogP contribution in [0.3, 0.4) is 0 Å². The summed E-state index contributed by atoms with van der Waals surface area (Å²) >= 11 is 0. The molecule has 0 aliphatic heterocycles. The summed E-state index contributed by atoms with van der Waals surface area (Å²) in [6, 6.07) is 13.2. The highest BCUT2D eigenvalue weighted by atomic mass is 16.3. The molecular weight excluding hydrogens is 384 g/mol. The number of phenols is 1. The van der Waals surface area contributed by atoms with Gasteiger partial charge in [0.1, 0.15) is 11.4 Å². The average molecular weight is 415 g/mol. The quantitative estimate of drug-likeness (QED) is 0.496. The van der Waals surface area contributed by atoms with E-state index in [0.717, 1.165) is 44.1 Å². The minimum Gasteiger partial charge on any atom is -0.508 e. The maximum atomic E-state index is 11.7. The molecule has 0 radical (unpaired) electrons. The summed E-state index contributed by atoms with van der Waals surface area (Å²) in [5, 5.41) is 21.6. The first kappa shape index (κ1) is 20.3. The Morgan fingerprint density at radius 3 is 2.58 bits per heavy atom. The normalized spacial score (nSPS) is 33.5. The van der Waals surface area contributed by atoms with Gasteiger partial charge in [0.2, 0.25) is 0 Å². The van der Waals surface area contributed by atoms with Crippen LogP contribution in [0.1, 0.15) is 78.9 Å². The largest absolute Gasteiger partial charge is 0.508 e. The third-order valence-corrected chi connectivity index (χ3v) is 8.57. The van der Waals surface area contributed by atoms with Crippen LogP contribution < -0.4 is 0 Å². The van der Waals surface area contributed by atoms with Crippen LogP contribution in [0.15, 0.2) is 42.5 Å². The number of carbonyl (C=O) groups is 1. The van der Waals surface area contributed by atoms with Crippen molar-refractivity contribution in [3.05, 3.63) is 64.7 Å². The highest BCUT2D eigenvalue weighted by Gasteiger charge is 2.61. The topological polar surface area (TPSA) is 57.5 Å². The molecule has 5 atom stereocenters. The number of Topliss-reactive ketones (excluding diaryl/α,β-unsaturated/α-hetero) is 1. The van der Waals surface area contributed by atoms with E-state index in [4.69, 9.17) is 0 Å². The van der Waals surface area contributed by atoms with E-state index in [1.54, 1.807) is 19.1 Å². The van der Waals surface area contributed by atoms with Crippen LogP contribution in [0.25, 0.3) is 0 Å². The molecule has 0 amide bonds. The van der Waals surface area contributed by atoms with E-state index in [-0.39, 0.29) is 11.2 Å². The zero-order valence-electron chi connectivity index (χ0n) is 18.3. The highest BCUT2D eigenvalue weighted by Crippen LogP contribution is 2.64. The molecule has 2 fully saturated rings. The smallest absolute Gasteiger partial charge is 0.159 e. The predicted octanol–water partition coefficient (Wildman–Crippen LogP) is 5.23. The Kier molecular flexibility index (Phi) is 4.75. The molecule has 3 aliphatic carbocycles. The van der Waals surface area contributed by atoms with Gasteiger partial charge in [-0.1, -0.05) is 37.0 Å². The number of ketones is 1. The summed E-state index contributed by atoms with van der Waals surface area (Å²) in [5.74, 6) is 8.45. The molecule has 2 saturated carbocycles. The Morgan fingerprint density at radius 1 is 1.06 bits per heavy atom. The number of fused-ring (bicyclic) bond motifs is 5. The van der Waals surface area contributed by atoms with E-state index in [2.05, 4.69) is 24.8 Å². The van der Waals surface area contributed by atoms with Crippen LogP contribution in [-0.2, 0) is 6.42 Å². The first-order valence-electron chi connectivity index (χ1n) is 11.5. The molecule has 0 saturated heterocycles. The van der Waals surface area contributed by atoms with Crippen LogP contribution in [0.5, 0.6) is 5.75 Å². The second-order valence-corrected chi connectivity index (χ2v) is 10.0. The molecule has 0 unspecified atom stereocenters. The summed E-state index contributed by atoms with van der Waals surface area (Å²) in [6.07, 6.45) is 5.89. The van der Waals surface area contributed by atoms with E-state index in [9.17, 15) is 15.0 Å². The van der Waals surface area contributed by atoms with Crippen molar-refractivity contribution in [2.45, 2.75) is 63.9 Å². The second kappa shape index (κ2) is 7.24. The Bertz CT molecular complexity index is 1090. The van der Waals surface area contributed by atoms with Gasteiger partial charge in [-0.25, -0.2) is 0 Å². The molecule has 2 N–H and O–H groups in total. The summed E-state index contributed by atoms with van der Waals surface area (Å²) in [7, 11) is 0. The zero-order valence-corrected chi connectivity index (χ0v) is 18.3. The number of benzene rings is 2. The Balaban J connectivity index is 1.42. The first-order chi connectivity index (χ1) is 14.8. The SMILES string of the molecule is CC(=O)c1ccc(C#C[C@]2(O)CC[C@H]3[C@@H]4CCc5cc(O)ccc5[C@H]4CC[C@@]32C)cc1. The van der Waals surface area contributed by atoms with Gasteiger partial charge in [0.25, 0.3) is 0 Å². The van der Waals surface area contributed by atoms with Gasteiger partial charge in [-0.05, 0) is 98.6 Å². The molecule has 3 nitrogen and oxygen atoms in total. The Labute approximate surface area is 184 Å². The minimum atomic E-state index is -0.975. The van der Waals surface area contributed by atoms with E-state index in [1.165, 1.54) is 11.1 Å². The average Bonchev–Trinajstić information content (AvgIpc) is 3.03. The lowest BCUT2D eigenvalue weighted by Crippen LogP contribution is -2.50. The fourth-order valence-corrected chi connectivity index (χ4v) is 6.75. The molecule has 160 valence electrons. The van der Waals surface area contributed by atoms with Gasteiger partial charge < -0.3 is 10.2 Å². The summed E-state index contributed by atoms with van der Waals surface area (Å²) in [4.78, 5) is 11.5. The Hall–Kier alpha value is -2.57. The van der Waals surface area contributed by atoms with Gasteiger partial charge in [-0.3, -0.25) is 4.79 Å². The van der Waals surface area contributed by atoms with Crippen molar-refractivity contribution >= 4 is 5.78 Å². The monoisotopic (exact) mass is 414 g/mol. The molecule has 0 heterocycles. The second-order valence-electron chi connectivity index (χ2n) is 10.0. The maximum absolute atomic E-state index is 11.7. The van der Waals surface area contributed by atoms with Crippen molar-refractivity contribution in [2.24, 2.45) is 17.3 Å². The molecule has 3 aliphatic rings. The van der Waals surface area contributed by atoms with Crippen molar-refractivity contribution in [3.63, 3.8) is 0 Å². The van der Waals surface area contributed by atoms with Gasteiger partial charge in [-0.2, -0.15) is 0 Å². The van der Waals surface area contributed by atoms with Gasteiger partial charge in [0.15, 0.2) is 5.78 Å². The number of aryl methyl sites for hydroxylation is 1. The van der Waals surface area contributed by atoms with Gasteiger partial charge in [-0.15, -0.1) is 0 Å². The number of phenolic OH excluding ortho intramolecular Hbond substituents is 1. The predicted molar refractivity (Wildman–Crippen MR) is 121 cm³/mol. The summed E-state index contributed by atoms with van der Waals surface area (Å²) in [6.45, 7) is 3.81. The van der Waals surface area contributed by atoms with Crippen molar-refractivity contribution in [1.82, 2.24) is 0 Å². The van der Waals surface area contributed by atoms with E-state index < -0.39 is 5.60 Å². The lowest BCUT2D eigenvalue weighted by atomic mass is 9.53. The van der Waals surface area contributed by atoms with Crippen LogP contribution in [0.4, 0.5) is 0 Å². The first-order valence-corrected chi connectivity index (χ1v) is 11.5. The van der Waals surface area contributed by atoms with E-state index >= 15 is 0 Å². The number of aromatic hydroxyl groups is 1. The van der Waals surface area contributed by atoms with Gasteiger partial charge >= 0.3 is 0 Å². The molecule has 2 aromatic rings. The van der Waals surface area contributed by atoms with Gasteiger partial charge in [0, 0.05) is 16.5 Å². The molecule has 0 bridgehead atoms. The van der Waals surface area contributed by atoms with E-state index in [1.807, 2.05) is 24.3 Å². The van der Waals surface area contributed by atoms with E-state index in [0.29, 0.717) is 29.1 Å². The Morgan fingerprint density at radius 2 is 1.84 bits per heavy atom. The fraction of sp³-hybridized carbons (Fsp3) is 0.464. The van der Waals surface area contributed by atoms with Crippen molar-refractivity contribution in [1.29, 1.82) is 0 Å². The molecular formula is C28H30O3. The molecule has 0 aromatic heterocycles. The number of aliphatic hydroxyl groups is 1. The van der Waals surface area contributed by atoms with Crippen molar-refractivity contribution < 1.29 is 15.0 Å². The molecule has 31 heavy (non-hydrogen) atoms. The molecule has 5 rings (SSSR count). The fourth-order valence-electron chi connectivity index (χ4n) is 6.75. The van der Waals surface area contributed by atoms with Gasteiger partial charge in [0.05, 0.1) is 0 Å². The van der Waals surface area contributed by atoms with Crippen molar-refractivity contribution in [2.75, 3.05) is 0 Å². The summed E-state index contributed by atoms with van der Waals surface area (Å²) < 4.78 is 0. The van der Waals surface area contributed by atoms with Crippen LogP contribution in [0, 0.1) is 29.1 Å². The molecule has 3 heteroatoms. The molecule has 0 spiro atoms. The standard InChI is InChI=1S/C28H30O3/c1-18(29)20-5-3-19(4-6-20)11-15-28(31)16-13-26-25-9-7-21-17-22(30)8-10-23(21)24(25)12-14-27(26,28)2/h3-6,8,10,17,24-26,30-31H,7,9,12-14,16H2,1-2H3/t24-,25-,26+,27+,28+/m1/s1. The number of hydrogen-bond donors (Lipinski definition) is 2. The lowest BCUT2D eigenvalue weighted by Gasteiger charge is -2.52.